The number of rotatable bonds is 4. The molecule has 0 aromatic heterocycles. The fourth-order valence-corrected chi connectivity index (χ4v) is 1.34. The van der Waals surface area contributed by atoms with Gasteiger partial charge in [-0.3, -0.25) is 0 Å². The van der Waals surface area contributed by atoms with Gasteiger partial charge in [-0.25, -0.2) is 4.79 Å². The highest BCUT2D eigenvalue weighted by Crippen LogP contribution is 2.20. The van der Waals surface area contributed by atoms with Crippen molar-refractivity contribution >= 4 is 5.97 Å². The van der Waals surface area contributed by atoms with Gasteiger partial charge in [-0.05, 0) is 65.0 Å². The zero-order valence-electron chi connectivity index (χ0n) is 12.3. The van der Waals surface area contributed by atoms with Crippen molar-refractivity contribution in [2.75, 3.05) is 0 Å². The third kappa shape index (κ3) is 5.16. The van der Waals surface area contributed by atoms with Crippen LogP contribution in [0.2, 0.25) is 0 Å². The van der Waals surface area contributed by atoms with Crippen LogP contribution in [-0.2, 0) is 4.74 Å². The first kappa shape index (κ1) is 15.3. The van der Waals surface area contributed by atoms with Crippen molar-refractivity contribution in [1.82, 2.24) is 0 Å². The number of esters is 1. The quantitative estimate of drug-likeness (QED) is 0.608. The molecule has 1 aromatic rings. The van der Waals surface area contributed by atoms with Crippen LogP contribution in [0.5, 0.6) is 5.75 Å². The Morgan fingerprint density at radius 3 is 2.05 bits per heavy atom. The van der Waals surface area contributed by atoms with Crippen LogP contribution >= 0.6 is 0 Å². The molecule has 1 aromatic carbocycles. The van der Waals surface area contributed by atoms with Crippen LogP contribution < -0.4 is 4.74 Å². The normalized spacial score (nSPS) is 11.8. The molecule has 0 heterocycles. The Hall–Kier alpha value is -1.77. The Labute approximate surface area is 115 Å². The van der Waals surface area contributed by atoms with Crippen LogP contribution in [-0.4, -0.2) is 17.2 Å². The van der Waals surface area contributed by atoms with Crippen LogP contribution in [0.25, 0.3) is 0 Å². The van der Waals surface area contributed by atoms with E-state index in [1.807, 2.05) is 34.6 Å². The maximum absolute atomic E-state index is 11.8. The summed E-state index contributed by atoms with van der Waals surface area (Å²) in [7, 11) is 0. The van der Waals surface area contributed by atoms with Gasteiger partial charge >= 0.3 is 5.97 Å². The molecule has 0 saturated carbocycles. The maximum atomic E-state index is 11.8. The highest BCUT2D eigenvalue weighted by atomic mass is 16.6. The maximum Gasteiger partial charge on any atom is 0.338 e. The second-order valence-electron chi connectivity index (χ2n) is 5.94. The average molecular weight is 262 g/mol. The Morgan fingerprint density at radius 2 is 1.63 bits per heavy atom. The van der Waals surface area contributed by atoms with Gasteiger partial charge in [0.2, 0.25) is 0 Å². The van der Waals surface area contributed by atoms with Gasteiger partial charge in [0.15, 0.2) is 0 Å². The second kappa shape index (κ2) is 5.47. The molecule has 0 radical (unpaired) electrons. The topological polar surface area (TPSA) is 35.5 Å². The molecule has 3 heteroatoms. The summed E-state index contributed by atoms with van der Waals surface area (Å²) in [4.78, 5) is 11.8. The molecule has 0 amide bonds. The van der Waals surface area contributed by atoms with Crippen LogP contribution in [0.15, 0.2) is 36.9 Å². The summed E-state index contributed by atoms with van der Waals surface area (Å²) in [6.45, 7) is 13.1. The van der Waals surface area contributed by atoms with Crippen molar-refractivity contribution in [2.24, 2.45) is 0 Å². The van der Waals surface area contributed by atoms with E-state index in [0.29, 0.717) is 11.3 Å². The highest BCUT2D eigenvalue weighted by Gasteiger charge is 2.18. The van der Waals surface area contributed by atoms with Crippen molar-refractivity contribution < 1.29 is 14.3 Å². The lowest BCUT2D eigenvalue weighted by atomic mass is 10.1. The molecule has 0 saturated heterocycles. The molecule has 0 atom stereocenters. The number of ether oxygens (including phenoxy) is 2. The first-order valence-electron chi connectivity index (χ1n) is 6.29. The van der Waals surface area contributed by atoms with E-state index in [2.05, 4.69) is 6.58 Å². The lowest BCUT2D eigenvalue weighted by Gasteiger charge is -2.22. The lowest BCUT2D eigenvalue weighted by molar-refractivity contribution is 0.00695. The molecule has 0 N–H and O–H groups in total. The van der Waals surface area contributed by atoms with Gasteiger partial charge in [0, 0.05) is 0 Å². The van der Waals surface area contributed by atoms with Gasteiger partial charge in [-0.15, -0.1) is 0 Å². The van der Waals surface area contributed by atoms with Gasteiger partial charge in [0.25, 0.3) is 0 Å². The third-order valence-electron chi connectivity index (χ3n) is 2.36. The highest BCUT2D eigenvalue weighted by molar-refractivity contribution is 5.89. The molecule has 0 aliphatic rings. The van der Waals surface area contributed by atoms with Gasteiger partial charge in [-0.2, -0.15) is 0 Å². The van der Waals surface area contributed by atoms with E-state index in [1.54, 1.807) is 30.3 Å². The Morgan fingerprint density at radius 1 is 1.11 bits per heavy atom. The molecule has 19 heavy (non-hydrogen) atoms. The Balaban J connectivity index is 2.77. The van der Waals surface area contributed by atoms with Gasteiger partial charge in [-0.1, -0.05) is 6.58 Å². The number of hydrogen-bond acceptors (Lipinski definition) is 3. The van der Waals surface area contributed by atoms with Gasteiger partial charge in [0.1, 0.15) is 17.0 Å². The largest absolute Gasteiger partial charge is 0.484 e. The van der Waals surface area contributed by atoms with E-state index in [1.165, 1.54) is 0 Å². The molecule has 0 bridgehead atoms. The minimum Gasteiger partial charge on any atom is -0.484 e. The van der Waals surface area contributed by atoms with Crippen LogP contribution in [0.4, 0.5) is 0 Å². The molecule has 0 aliphatic heterocycles. The van der Waals surface area contributed by atoms with Crippen molar-refractivity contribution in [3.63, 3.8) is 0 Å². The van der Waals surface area contributed by atoms with E-state index in [-0.39, 0.29) is 5.97 Å². The van der Waals surface area contributed by atoms with Crippen LogP contribution in [0.3, 0.4) is 0 Å². The summed E-state index contributed by atoms with van der Waals surface area (Å²) in [5.74, 6) is 0.360. The average Bonchev–Trinajstić information content (AvgIpc) is 2.27. The first-order valence-corrected chi connectivity index (χ1v) is 6.29. The van der Waals surface area contributed by atoms with E-state index < -0.39 is 11.2 Å². The molecular weight excluding hydrogens is 240 g/mol. The minimum absolute atomic E-state index is 0.331. The van der Waals surface area contributed by atoms with Crippen molar-refractivity contribution in [3.05, 3.63) is 42.5 Å². The molecule has 1 rings (SSSR count). The van der Waals surface area contributed by atoms with Gasteiger partial charge < -0.3 is 9.47 Å². The lowest BCUT2D eigenvalue weighted by Crippen LogP contribution is -2.25. The second-order valence-corrected chi connectivity index (χ2v) is 5.94. The van der Waals surface area contributed by atoms with E-state index >= 15 is 0 Å². The summed E-state index contributed by atoms with van der Waals surface area (Å²) in [5.41, 5.74) is -0.413. The zero-order chi connectivity index (χ0) is 14.7. The molecule has 3 nitrogen and oxygen atoms in total. The van der Waals surface area contributed by atoms with E-state index in [4.69, 9.17) is 9.47 Å². The fraction of sp³-hybridized carbons (Fsp3) is 0.438. The zero-order valence-corrected chi connectivity index (χ0v) is 12.3. The molecule has 0 fully saturated rings. The fourth-order valence-electron chi connectivity index (χ4n) is 1.34. The van der Waals surface area contributed by atoms with Crippen molar-refractivity contribution in [3.8, 4) is 5.75 Å². The predicted molar refractivity (Wildman–Crippen MR) is 76.5 cm³/mol. The summed E-state index contributed by atoms with van der Waals surface area (Å²) >= 11 is 0. The third-order valence-corrected chi connectivity index (χ3v) is 2.36. The van der Waals surface area contributed by atoms with Crippen molar-refractivity contribution in [2.45, 2.75) is 45.8 Å². The number of carbonyl (C=O) groups excluding carboxylic acids is 1. The number of carbonyl (C=O) groups is 1. The Kier molecular flexibility index (Phi) is 4.40. The van der Waals surface area contributed by atoms with E-state index in [9.17, 15) is 4.79 Å². The smallest absolute Gasteiger partial charge is 0.338 e. The number of hydrogen-bond donors (Lipinski definition) is 0. The monoisotopic (exact) mass is 262 g/mol. The first-order chi connectivity index (χ1) is 8.63. The predicted octanol–water partition coefficient (Wildman–Crippen LogP) is 3.99. The SMILES string of the molecule is C=CC(C)(C)Oc1ccc(C(=O)OC(C)(C)C)cc1. The molecule has 0 unspecified atom stereocenters. The Bertz CT molecular complexity index is 450. The standard InChI is InChI=1S/C16H22O3/c1-7-16(5,6)18-13-10-8-12(9-11-13)14(17)19-15(2,3)4/h7-11H,1H2,2-6H3. The minimum atomic E-state index is -0.489. The summed E-state index contributed by atoms with van der Waals surface area (Å²) < 4.78 is 11.0. The number of benzene rings is 1. The molecule has 0 spiro atoms. The van der Waals surface area contributed by atoms with Gasteiger partial charge in [0.05, 0.1) is 5.56 Å². The van der Waals surface area contributed by atoms with Crippen LogP contribution in [0, 0.1) is 0 Å². The molecular formula is C16H22O3. The summed E-state index contributed by atoms with van der Waals surface area (Å²) in [6.07, 6.45) is 1.73. The molecule has 0 aliphatic carbocycles. The van der Waals surface area contributed by atoms with Crippen molar-refractivity contribution in [1.29, 1.82) is 0 Å². The molecule has 104 valence electrons. The summed E-state index contributed by atoms with van der Waals surface area (Å²) in [5, 5.41) is 0. The summed E-state index contributed by atoms with van der Waals surface area (Å²) in [6, 6.07) is 6.90. The van der Waals surface area contributed by atoms with Crippen LogP contribution in [0.1, 0.15) is 45.0 Å². The van der Waals surface area contributed by atoms with E-state index in [0.717, 1.165) is 0 Å².